The monoisotopic (exact) mass is 341 g/mol. The van der Waals surface area contributed by atoms with Crippen LogP contribution in [0.25, 0.3) is 10.9 Å². The highest BCUT2D eigenvalue weighted by atomic mass is 35.5. The van der Waals surface area contributed by atoms with Crippen molar-refractivity contribution < 1.29 is 0 Å². The van der Waals surface area contributed by atoms with Gasteiger partial charge < -0.3 is 5.32 Å². The number of nitrogens with one attached hydrogen (secondary N) is 1. The fourth-order valence-corrected chi connectivity index (χ4v) is 2.83. The van der Waals surface area contributed by atoms with Gasteiger partial charge in [0, 0.05) is 22.2 Å². The van der Waals surface area contributed by atoms with Crippen molar-refractivity contribution in [3.8, 4) is 6.07 Å². The maximum absolute atomic E-state index is 9.39. The summed E-state index contributed by atoms with van der Waals surface area (Å²) in [6.07, 6.45) is 3.67. The number of nitriles is 1. The Balaban J connectivity index is 0.00000192. The van der Waals surface area contributed by atoms with Crippen LogP contribution in [0, 0.1) is 18.3 Å². The molecule has 0 radical (unpaired) electrons. The molecule has 23 heavy (non-hydrogen) atoms. The van der Waals surface area contributed by atoms with Gasteiger partial charge in [0.15, 0.2) is 0 Å². The Morgan fingerprint density at radius 2 is 2.00 bits per heavy atom. The molecule has 0 atom stereocenters. The Hall–Kier alpha value is -2.22. The van der Waals surface area contributed by atoms with Crippen LogP contribution in [0.2, 0.25) is 0 Å². The first-order valence-electron chi connectivity index (χ1n) is 6.92. The van der Waals surface area contributed by atoms with Crippen molar-refractivity contribution in [2.45, 2.75) is 11.8 Å². The molecule has 0 aliphatic carbocycles. The van der Waals surface area contributed by atoms with Crippen molar-refractivity contribution >= 4 is 46.4 Å². The number of fused-ring (bicyclic) bond motifs is 1. The lowest BCUT2D eigenvalue weighted by Crippen LogP contribution is -1.97. The first-order valence-corrected chi connectivity index (χ1v) is 8.14. The van der Waals surface area contributed by atoms with Crippen molar-refractivity contribution in [2.24, 2.45) is 0 Å². The number of benzene rings is 2. The summed E-state index contributed by atoms with van der Waals surface area (Å²) in [7, 11) is 0. The topological polar surface area (TPSA) is 48.7 Å². The predicted molar refractivity (Wildman–Crippen MR) is 99.9 cm³/mol. The largest absolute Gasteiger partial charge is 0.354 e. The Bertz CT molecular complexity index is 887. The molecule has 0 spiro atoms. The molecule has 1 heterocycles. The van der Waals surface area contributed by atoms with Crippen LogP contribution in [0.4, 0.5) is 11.4 Å². The number of hydrogen-bond donors (Lipinski definition) is 1. The Morgan fingerprint density at radius 3 is 2.74 bits per heavy atom. The third-order valence-electron chi connectivity index (χ3n) is 3.48. The Morgan fingerprint density at radius 1 is 1.17 bits per heavy atom. The highest BCUT2D eigenvalue weighted by molar-refractivity contribution is 7.98. The molecule has 1 N–H and O–H groups in total. The van der Waals surface area contributed by atoms with E-state index in [0.29, 0.717) is 5.56 Å². The molecule has 5 heteroatoms. The van der Waals surface area contributed by atoms with Gasteiger partial charge >= 0.3 is 0 Å². The van der Waals surface area contributed by atoms with E-state index in [9.17, 15) is 5.26 Å². The number of rotatable bonds is 3. The highest BCUT2D eigenvalue weighted by Gasteiger charge is 2.09. The van der Waals surface area contributed by atoms with E-state index in [2.05, 4.69) is 34.6 Å². The first kappa shape index (κ1) is 17.1. The minimum Gasteiger partial charge on any atom is -0.354 e. The molecule has 0 bridgehead atoms. The molecule has 116 valence electrons. The number of nitrogens with zero attached hydrogens (tertiary/aromatic N) is 2. The van der Waals surface area contributed by atoms with E-state index in [4.69, 9.17) is 0 Å². The fourth-order valence-electron chi connectivity index (χ4n) is 2.37. The molecule has 3 nitrogen and oxygen atoms in total. The molecule has 0 unspecified atom stereocenters. The van der Waals surface area contributed by atoms with Crippen molar-refractivity contribution in [3.63, 3.8) is 0 Å². The minimum absolute atomic E-state index is 0. The second-order valence-electron chi connectivity index (χ2n) is 5.04. The molecule has 0 aliphatic rings. The number of aromatic nitrogens is 1. The third kappa shape index (κ3) is 3.58. The van der Waals surface area contributed by atoms with Gasteiger partial charge in [-0.2, -0.15) is 5.26 Å². The summed E-state index contributed by atoms with van der Waals surface area (Å²) in [5, 5.41) is 13.8. The number of thioether (sulfide) groups is 1. The van der Waals surface area contributed by atoms with E-state index in [1.807, 2.05) is 37.4 Å². The number of pyridine rings is 1. The molecule has 3 rings (SSSR count). The summed E-state index contributed by atoms with van der Waals surface area (Å²) in [4.78, 5) is 5.54. The van der Waals surface area contributed by atoms with E-state index >= 15 is 0 Å². The summed E-state index contributed by atoms with van der Waals surface area (Å²) in [5.41, 5.74) is 4.36. The zero-order valence-corrected chi connectivity index (χ0v) is 14.5. The molecule has 2 aromatic carbocycles. The lowest BCUT2D eigenvalue weighted by molar-refractivity contribution is 1.35. The SMILES string of the molecule is CSc1cccc(Nc2c(C#N)cnc3ccc(C)cc23)c1.Cl. The highest BCUT2D eigenvalue weighted by Crippen LogP contribution is 2.30. The molecule has 0 fully saturated rings. The van der Waals surface area contributed by atoms with Crippen LogP contribution in [0.15, 0.2) is 53.6 Å². The molecule has 0 amide bonds. The van der Waals surface area contributed by atoms with Crippen LogP contribution in [0.5, 0.6) is 0 Å². The van der Waals surface area contributed by atoms with Crippen LogP contribution in [-0.4, -0.2) is 11.2 Å². The van der Waals surface area contributed by atoms with Crippen LogP contribution in [-0.2, 0) is 0 Å². The zero-order valence-electron chi connectivity index (χ0n) is 12.8. The normalized spacial score (nSPS) is 9.96. The van der Waals surface area contributed by atoms with Gasteiger partial charge in [-0.3, -0.25) is 4.98 Å². The second-order valence-corrected chi connectivity index (χ2v) is 5.92. The maximum Gasteiger partial charge on any atom is 0.103 e. The van der Waals surface area contributed by atoms with Crippen LogP contribution < -0.4 is 5.32 Å². The van der Waals surface area contributed by atoms with E-state index in [-0.39, 0.29) is 12.4 Å². The van der Waals surface area contributed by atoms with Gasteiger partial charge in [0.05, 0.1) is 16.8 Å². The molecule has 0 saturated heterocycles. The predicted octanol–water partition coefficient (Wildman–Crippen LogP) is 5.30. The van der Waals surface area contributed by atoms with Crippen LogP contribution >= 0.6 is 24.2 Å². The third-order valence-corrected chi connectivity index (χ3v) is 4.21. The van der Waals surface area contributed by atoms with E-state index in [0.717, 1.165) is 27.8 Å². The maximum atomic E-state index is 9.39. The summed E-state index contributed by atoms with van der Waals surface area (Å²) in [6, 6.07) is 16.4. The van der Waals surface area contributed by atoms with Gasteiger partial charge in [0.1, 0.15) is 6.07 Å². The average molecular weight is 342 g/mol. The van der Waals surface area contributed by atoms with Gasteiger partial charge in [-0.15, -0.1) is 24.2 Å². The first-order chi connectivity index (χ1) is 10.7. The van der Waals surface area contributed by atoms with Gasteiger partial charge in [-0.05, 0) is 43.5 Å². The van der Waals surface area contributed by atoms with Gasteiger partial charge in [-0.25, -0.2) is 0 Å². The zero-order chi connectivity index (χ0) is 15.5. The van der Waals surface area contributed by atoms with Crippen molar-refractivity contribution in [1.82, 2.24) is 4.98 Å². The molecule has 0 saturated carbocycles. The molecule has 0 aliphatic heterocycles. The summed E-state index contributed by atoms with van der Waals surface area (Å²) in [5.74, 6) is 0. The van der Waals surface area contributed by atoms with Gasteiger partial charge in [0.25, 0.3) is 0 Å². The fraction of sp³-hybridized carbons (Fsp3) is 0.111. The quantitative estimate of drug-likeness (QED) is 0.656. The van der Waals surface area contributed by atoms with Crippen LogP contribution in [0.3, 0.4) is 0 Å². The molecule has 1 aromatic heterocycles. The van der Waals surface area contributed by atoms with Gasteiger partial charge in [-0.1, -0.05) is 17.7 Å². The lowest BCUT2D eigenvalue weighted by atomic mass is 10.1. The number of anilines is 2. The summed E-state index contributed by atoms with van der Waals surface area (Å²) >= 11 is 1.69. The Labute approximate surface area is 146 Å². The van der Waals surface area contributed by atoms with Crippen LogP contribution in [0.1, 0.15) is 11.1 Å². The summed E-state index contributed by atoms with van der Waals surface area (Å²) < 4.78 is 0. The number of aryl methyl sites for hydroxylation is 1. The minimum atomic E-state index is 0. The standard InChI is InChI=1S/C18H15N3S.ClH/c1-12-6-7-17-16(8-12)18(13(10-19)11-20-17)21-14-4-3-5-15(9-14)22-2;/h3-9,11H,1-2H3,(H,20,21);1H. The molecular weight excluding hydrogens is 326 g/mol. The van der Waals surface area contributed by atoms with Crippen molar-refractivity contribution in [1.29, 1.82) is 5.26 Å². The van der Waals surface area contributed by atoms with E-state index in [1.54, 1.807) is 18.0 Å². The second kappa shape index (κ2) is 7.36. The average Bonchev–Trinajstić information content (AvgIpc) is 2.55. The summed E-state index contributed by atoms with van der Waals surface area (Å²) in [6.45, 7) is 2.04. The van der Waals surface area contributed by atoms with Crippen molar-refractivity contribution in [2.75, 3.05) is 11.6 Å². The van der Waals surface area contributed by atoms with E-state index < -0.39 is 0 Å². The number of hydrogen-bond acceptors (Lipinski definition) is 4. The van der Waals surface area contributed by atoms with E-state index in [1.165, 1.54) is 4.90 Å². The van der Waals surface area contributed by atoms with Crippen molar-refractivity contribution in [3.05, 3.63) is 59.8 Å². The molecular formula is C18H16ClN3S. The molecule has 3 aromatic rings. The van der Waals surface area contributed by atoms with Gasteiger partial charge in [0.2, 0.25) is 0 Å². The lowest BCUT2D eigenvalue weighted by Gasteiger charge is -2.12. The number of halogens is 1. The Kier molecular flexibility index (Phi) is 5.49. The smallest absolute Gasteiger partial charge is 0.103 e.